The highest BCUT2D eigenvalue weighted by molar-refractivity contribution is 5.99. The van der Waals surface area contributed by atoms with E-state index in [0.29, 0.717) is 22.3 Å². The van der Waals surface area contributed by atoms with Crippen molar-refractivity contribution in [3.63, 3.8) is 0 Å². The van der Waals surface area contributed by atoms with E-state index in [0.717, 1.165) is 17.1 Å². The van der Waals surface area contributed by atoms with E-state index in [1.54, 1.807) is 44.8 Å². The van der Waals surface area contributed by atoms with Crippen LogP contribution in [0.5, 0.6) is 11.5 Å². The fraction of sp³-hybridized carbons (Fsp3) is 0.182. The Bertz CT molecular complexity index is 1230. The summed E-state index contributed by atoms with van der Waals surface area (Å²) in [6.45, 7) is 0. The van der Waals surface area contributed by atoms with Crippen LogP contribution in [0.15, 0.2) is 61.2 Å². The molecule has 0 aliphatic carbocycles. The predicted octanol–water partition coefficient (Wildman–Crippen LogP) is 4.10. The van der Waals surface area contributed by atoms with Gasteiger partial charge in [-0.25, -0.2) is 4.98 Å². The van der Waals surface area contributed by atoms with Crippen molar-refractivity contribution in [3.8, 4) is 11.5 Å². The summed E-state index contributed by atoms with van der Waals surface area (Å²) >= 11 is 0. The second-order valence-corrected chi connectivity index (χ2v) is 6.93. The number of fused-ring (bicyclic) bond motifs is 1. The average Bonchev–Trinajstić information content (AvgIpc) is 3.22. The first-order valence-corrected chi connectivity index (χ1v) is 9.49. The summed E-state index contributed by atoms with van der Waals surface area (Å²) in [6.07, 6.45) is 6.70. The van der Waals surface area contributed by atoms with Crippen molar-refractivity contribution >= 4 is 22.1 Å². The van der Waals surface area contributed by atoms with Crippen LogP contribution in [0.2, 0.25) is 0 Å². The lowest BCUT2D eigenvalue weighted by Gasteiger charge is -2.22. The van der Waals surface area contributed by atoms with E-state index in [9.17, 15) is 10.1 Å². The number of ether oxygens (including phenoxy) is 2. The molecule has 31 heavy (non-hydrogen) atoms. The van der Waals surface area contributed by atoms with Gasteiger partial charge in [0.2, 0.25) is 0 Å². The van der Waals surface area contributed by atoms with Gasteiger partial charge in [0.05, 0.1) is 24.5 Å². The number of methoxy groups -OCH3 is 2. The molecule has 0 radical (unpaired) electrons. The van der Waals surface area contributed by atoms with Crippen LogP contribution >= 0.6 is 0 Å². The Labute approximate surface area is 178 Å². The zero-order chi connectivity index (χ0) is 22.0. The second-order valence-electron chi connectivity index (χ2n) is 6.93. The predicted molar refractivity (Wildman–Crippen MR) is 117 cm³/mol. The Balaban J connectivity index is 1.87. The maximum Gasteiger partial charge on any atom is 0.278 e. The number of aryl methyl sites for hydroxylation is 1. The third kappa shape index (κ3) is 3.85. The summed E-state index contributed by atoms with van der Waals surface area (Å²) in [5, 5.41) is 16.1. The number of hydrogen-bond donors (Lipinski definition) is 1. The molecule has 2 heterocycles. The minimum Gasteiger partial charge on any atom is -0.497 e. The van der Waals surface area contributed by atoms with Crippen molar-refractivity contribution in [1.29, 1.82) is 0 Å². The number of hydrogen-bond acceptors (Lipinski definition) is 7. The van der Waals surface area contributed by atoms with Crippen LogP contribution in [0.3, 0.4) is 0 Å². The third-order valence-corrected chi connectivity index (χ3v) is 5.12. The summed E-state index contributed by atoms with van der Waals surface area (Å²) in [6, 6.07) is 10.2. The third-order valence-electron chi connectivity index (χ3n) is 5.12. The van der Waals surface area contributed by atoms with Gasteiger partial charge in [-0.15, -0.1) is 0 Å². The first kappa shape index (κ1) is 20.1. The average molecular weight is 419 g/mol. The van der Waals surface area contributed by atoms with Crippen molar-refractivity contribution in [3.05, 3.63) is 82.7 Å². The summed E-state index contributed by atoms with van der Waals surface area (Å²) in [5.74, 6) is 2.05. The van der Waals surface area contributed by atoms with E-state index in [2.05, 4.69) is 15.3 Å². The van der Waals surface area contributed by atoms with E-state index in [-0.39, 0.29) is 11.7 Å². The van der Waals surface area contributed by atoms with Crippen molar-refractivity contribution in [2.24, 2.45) is 7.05 Å². The van der Waals surface area contributed by atoms with Crippen LogP contribution in [0, 0.1) is 10.1 Å². The Kier molecular flexibility index (Phi) is 5.40. The molecular weight excluding hydrogens is 398 g/mol. The number of anilines is 1. The fourth-order valence-electron chi connectivity index (χ4n) is 3.56. The lowest BCUT2D eigenvalue weighted by atomic mass is 10.0. The Morgan fingerprint density at radius 3 is 2.42 bits per heavy atom. The van der Waals surface area contributed by atoms with Gasteiger partial charge in [0, 0.05) is 55.0 Å². The van der Waals surface area contributed by atoms with E-state index in [4.69, 9.17) is 9.47 Å². The Hall–Kier alpha value is -4.14. The van der Waals surface area contributed by atoms with Gasteiger partial charge in [0.1, 0.15) is 23.4 Å². The smallest absolute Gasteiger partial charge is 0.278 e. The minimum absolute atomic E-state index is 0.00485. The maximum absolute atomic E-state index is 11.5. The first-order chi connectivity index (χ1) is 15.0. The number of rotatable bonds is 7. The van der Waals surface area contributed by atoms with Gasteiger partial charge in [-0.1, -0.05) is 0 Å². The van der Waals surface area contributed by atoms with Crippen LogP contribution in [0.1, 0.15) is 17.4 Å². The molecule has 0 saturated heterocycles. The molecule has 0 aliphatic heterocycles. The molecule has 0 fully saturated rings. The first-order valence-electron chi connectivity index (χ1n) is 9.49. The number of nitrogens with one attached hydrogen (secondary N) is 1. The Morgan fingerprint density at radius 1 is 1.06 bits per heavy atom. The number of pyridine rings is 1. The number of imidazole rings is 1. The molecule has 1 unspecified atom stereocenters. The van der Waals surface area contributed by atoms with Crippen LogP contribution in [-0.2, 0) is 7.05 Å². The number of non-ortho nitro benzene ring substituents is 1. The quantitative estimate of drug-likeness (QED) is 0.355. The topological polar surface area (TPSA) is 104 Å². The summed E-state index contributed by atoms with van der Waals surface area (Å²) in [5.41, 5.74) is 1.59. The highest BCUT2D eigenvalue weighted by Crippen LogP contribution is 2.36. The van der Waals surface area contributed by atoms with Gasteiger partial charge in [-0.2, -0.15) is 0 Å². The molecule has 0 spiro atoms. The molecular formula is C22H21N5O4. The van der Waals surface area contributed by atoms with Crippen LogP contribution < -0.4 is 14.8 Å². The monoisotopic (exact) mass is 419 g/mol. The lowest BCUT2D eigenvalue weighted by Crippen LogP contribution is -2.17. The normalized spacial score (nSPS) is 11.8. The van der Waals surface area contributed by atoms with Gasteiger partial charge in [0.25, 0.3) is 5.69 Å². The highest BCUT2D eigenvalue weighted by Gasteiger charge is 2.22. The number of benzene rings is 2. The van der Waals surface area contributed by atoms with Crippen LogP contribution in [0.25, 0.3) is 10.8 Å². The van der Waals surface area contributed by atoms with E-state index < -0.39 is 4.92 Å². The van der Waals surface area contributed by atoms with Gasteiger partial charge < -0.3 is 19.4 Å². The van der Waals surface area contributed by atoms with Gasteiger partial charge in [-0.05, 0) is 29.8 Å². The molecule has 158 valence electrons. The molecule has 2 aromatic carbocycles. The standard InChI is InChI=1S/C22H21N5O4/c1-26-9-8-24-22(26)21(14-10-15(30-2)12-16(11-14)31-3)25-19-4-5-20(27(28)29)18-13-23-7-6-17(18)19/h4-13,21,25H,1-3H3. The molecule has 0 bridgehead atoms. The molecule has 0 amide bonds. The molecule has 9 nitrogen and oxygen atoms in total. The van der Waals surface area contributed by atoms with Gasteiger partial charge in [-0.3, -0.25) is 15.1 Å². The van der Waals surface area contributed by atoms with E-state index >= 15 is 0 Å². The van der Waals surface area contributed by atoms with Gasteiger partial charge in [0.15, 0.2) is 0 Å². The molecule has 4 aromatic rings. The van der Waals surface area contributed by atoms with Crippen molar-refractivity contribution in [2.75, 3.05) is 19.5 Å². The zero-order valence-electron chi connectivity index (χ0n) is 17.3. The second kappa shape index (κ2) is 8.31. The minimum atomic E-state index is -0.406. The number of nitrogens with zero attached hydrogens (tertiary/aromatic N) is 4. The summed E-state index contributed by atoms with van der Waals surface area (Å²) in [4.78, 5) is 19.6. The summed E-state index contributed by atoms with van der Waals surface area (Å²) < 4.78 is 12.8. The number of nitro groups is 1. The molecule has 4 rings (SSSR count). The molecule has 0 aliphatic rings. The molecule has 1 N–H and O–H groups in total. The highest BCUT2D eigenvalue weighted by atomic mass is 16.6. The molecule has 9 heteroatoms. The van der Waals surface area contributed by atoms with Gasteiger partial charge >= 0.3 is 0 Å². The van der Waals surface area contributed by atoms with Crippen LogP contribution in [-0.4, -0.2) is 33.7 Å². The van der Waals surface area contributed by atoms with Crippen LogP contribution in [0.4, 0.5) is 11.4 Å². The van der Waals surface area contributed by atoms with Crippen molar-refractivity contribution in [1.82, 2.24) is 14.5 Å². The Morgan fingerprint density at radius 2 is 1.81 bits per heavy atom. The SMILES string of the molecule is COc1cc(OC)cc(C(Nc2ccc([N+](=O)[O-])c3cnccc23)c2nccn2C)c1. The number of aromatic nitrogens is 3. The largest absolute Gasteiger partial charge is 0.497 e. The van der Waals surface area contributed by atoms with E-state index in [1.807, 2.05) is 29.9 Å². The summed E-state index contributed by atoms with van der Waals surface area (Å²) in [7, 11) is 5.10. The number of nitro benzene ring substituents is 1. The van der Waals surface area contributed by atoms with Crippen molar-refractivity contribution in [2.45, 2.75) is 6.04 Å². The van der Waals surface area contributed by atoms with E-state index in [1.165, 1.54) is 12.3 Å². The fourth-order valence-corrected chi connectivity index (χ4v) is 3.56. The lowest BCUT2D eigenvalue weighted by molar-refractivity contribution is -0.383. The molecule has 1 atom stereocenters. The molecule has 2 aromatic heterocycles. The molecule has 0 saturated carbocycles. The van der Waals surface area contributed by atoms with Crippen molar-refractivity contribution < 1.29 is 14.4 Å². The maximum atomic E-state index is 11.5. The zero-order valence-corrected chi connectivity index (χ0v) is 17.3.